The molecule has 1 aliphatic rings. The van der Waals surface area contributed by atoms with Gasteiger partial charge in [0.15, 0.2) is 0 Å². The molecule has 1 aromatic carbocycles. The van der Waals surface area contributed by atoms with Crippen LogP contribution in [0.25, 0.3) is 0 Å². The Kier molecular flexibility index (Phi) is 2.96. The van der Waals surface area contributed by atoms with E-state index >= 15 is 0 Å². The molecule has 2 heteroatoms. The Hall–Kier alpha value is -1.02. The number of rotatable bonds is 3. The smallest absolute Gasteiger partial charge is 0.0389 e. The van der Waals surface area contributed by atoms with Crippen LogP contribution in [0, 0.1) is 0 Å². The summed E-state index contributed by atoms with van der Waals surface area (Å²) >= 11 is 0. The zero-order valence-corrected chi connectivity index (χ0v) is 9.42. The van der Waals surface area contributed by atoms with Gasteiger partial charge >= 0.3 is 0 Å². The molecule has 0 bridgehead atoms. The average Bonchev–Trinajstić information content (AvgIpc) is 2.66. The molecule has 2 rings (SSSR count). The lowest BCUT2D eigenvalue weighted by atomic mass is 9.99. The summed E-state index contributed by atoms with van der Waals surface area (Å²) in [6, 6.07) is 8.34. The van der Waals surface area contributed by atoms with Crippen molar-refractivity contribution in [2.45, 2.75) is 44.7 Å². The Balaban J connectivity index is 2.16. The van der Waals surface area contributed by atoms with Gasteiger partial charge in [-0.15, -0.1) is 0 Å². The van der Waals surface area contributed by atoms with Crippen molar-refractivity contribution in [3.63, 3.8) is 0 Å². The normalized spacial score (nSPS) is 19.1. The second-order valence-electron chi connectivity index (χ2n) is 4.75. The van der Waals surface area contributed by atoms with Crippen LogP contribution in [0.5, 0.6) is 0 Å². The second kappa shape index (κ2) is 4.23. The van der Waals surface area contributed by atoms with Crippen molar-refractivity contribution in [1.29, 1.82) is 0 Å². The van der Waals surface area contributed by atoms with Gasteiger partial charge in [0.05, 0.1) is 0 Å². The standard InChI is InChI=1S/C13H20N2/c1-13(8-4-5-9-13)15-12-7-3-2-6-11(12)10-14/h2-3,6-7,15H,4-5,8-10,14H2,1H3. The first-order chi connectivity index (χ1) is 7.23. The Morgan fingerprint density at radius 2 is 1.93 bits per heavy atom. The summed E-state index contributed by atoms with van der Waals surface area (Å²) in [5, 5.41) is 3.66. The molecule has 0 radical (unpaired) electrons. The molecule has 0 atom stereocenters. The second-order valence-corrected chi connectivity index (χ2v) is 4.75. The van der Waals surface area contributed by atoms with Crippen molar-refractivity contribution in [1.82, 2.24) is 0 Å². The molecule has 0 spiro atoms. The van der Waals surface area contributed by atoms with Crippen molar-refractivity contribution in [3.05, 3.63) is 29.8 Å². The van der Waals surface area contributed by atoms with Crippen LogP contribution >= 0.6 is 0 Å². The molecule has 15 heavy (non-hydrogen) atoms. The number of para-hydroxylation sites is 1. The lowest BCUT2D eigenvalue weighted by Gasteiger charge is -2.28. The first kappa shape index (κ1) is 10.5. The monoisotopic (exact) mass is 204 g/mol. The topological polar surface area (TPSA) is 38.0 Å². The minimum atomic E-state index is 0.283. The van der Waals surface area contributed by atoms with Gasteiger partial charge in [0, 0.05) is 17.8 Å². The molecule has 2 nitrogen and oxygen atoms in total. The summed E-state index contributed by atoms with van der Waals surface area (Å²) in [5.74, 6) is 0. The number of hydrogen-bond acceptors (Lipinski definition) is 2. The van der Waals surface area contributed by atoms with Crippen molar-refractivity contribution in [2.24, 2.45) is 5.73 Å². The van der Waals surface area contributed by atoms with Crippen LogP contribution in [-0.2, 0) is 6.54 Å². The van der Waals surface area contributed by atoms with Crippen LogP contribution in [0.1, 0.15) is 38.2 Å². The quantitative estimate of drug-likeness (QED) is 0.794. The fourth-order valence-corrected chi connectivity index (χ4v) is 2.43. The zero-order valence-electron chi connectivity index (χ0n) is 9.42. The van der Waals surface area contributed by atoms with Gasteiger partial charge in [0.2, 0.25) is 0 Å². The van der Waals surface area contributed by atoms with E-state index in [1.54, 1.807) is 0 Å². The molecule has 0 unspecified atom stereocenters. The van der Waals surface area contributed by atoms with Gasteiger partial charge < -0.3 is 11.1 Å². The van der Waals surface area contributed by atoms with Crippen molar-refractivity contribution >= 4 is 5.69 Å². The van der Waals surface area contributed by atoms with Gasteiger partial charge in [0.25, 0.3) is 0 Å². The molecule has 1 fully saturated rings. The predicted molar refractivity (Wildman–Crippen MR) is 64.8 cm³/mol. The van der Waals surface area contributed by atoms with E-state index in [1.807, 2.05) is 6.07 Å². The van der Waals surface area contributed by atoms with Gasteiger partial charge in [-0.25, -0.2) is 0 Å². The fourth-order valence-electron chi connectivity index (χ4n) is 2.43. The fraction of sp³-hybridized carbons (Fsp3) is 0.538. The van der Waals surface area contributed by atoms with Gasteiger partial charge in [-0.2, -0.15) is 0 Å². The minimum absolute atomic E-state index is 0.283. The van der Waals surface area contributed by atoms with E-state index in [1.165, 1.54) is 36.9 Å². The molecule has 3 N–H and O–H groups in total. The molecule has 0 saturated heterocycles. The molecular weight excluding hydrogens is 184 g/mol. The molecule has 0 amide bonds. The third kappa shape index (κ3) is 2.32. The molecule has 0 aliphatic heterocycles. The van der Waals surface area contributed by atoms with Crippen LogP contribution < -0.4 is 11.1 Å². The van der Waals surface area contributed by atoms with E-state index in [-0.39, 0.29) is 5.54 Å². The van der Waals surface area contributed by atoms with Crippen LogP contribution in [0.3, 0.4) is 0 Å². The van der Waals surface area contributed by atoms with E-state index in [0.717, 1.165) is 0 Å². The van der Waals surface area contributed by atoms with Crippen LogP contribution in [0.2, 0.25) is 0 Å². The highest BCUT2D eigenvalue weighted by Crippen LogP contribution is 2.33. The van der Waals surface area contributed by atoms with Crippen LogP contribution in [-0.4, -0.2) is 5.54 Å². The third-order valence-electron chi connectivity index (χ3n) is 3.38. The first-order valence-corrected chi connectivity index (χ1v) is 5.80. The summed E-state index contributed by atoms with van der Waals surface area (Å²) in [6.45, 7) is 2.92. The summed E-state index contributed by atoms with van der Waals surface area (Å²) in [6.07, 6.45) is 5.22. The largest absolute Gasteiger partial charge is 0.380 e. The maximum atomic E-state index is 5.73. The average molecular weight is 204 g/mol. The Morgan fingerprint density at radius 1 is 1.27 bits per heavy atom. The van der Waals surface area contributed by atoms with E-state index < -0.39 is 0 Å². The van der Waals surface area contributed by atoms with Crippen LogP contribution in [0.4, 0.5) is 5.69 Å². The molecular formula is C13H20N2. The molecule has 1 saturated carbocycles. The molecule has 1 aliphatic carbocycles. The third-order valence-corrected chi connectivity index (χ3v) is 3.38. The van der Waals surface area contributed by atoms with Crippen molar-refractivity contribution < 1.29 is 0 Å². The van der Waals surface area contributed by atoms with Gasteiger partial charge in [0.1, 0.15) is 0 Å². The highest BCUT2D eigenvalue weighted by atomic mass is 15.0. The minimum Gasteiger partial charge on any atom is -0.380 e. The molecule has 1 aromatic rings. The first-order valence-electron chi connectivity index (χ1n) is 5.80. The van der Waals surface area contributed by atoms with E-state index in [2.05, 4.69) is 30.4 Å². The lowest BCUT2D eigenvalue weighted by Crippen LogP contribution is -2.31. The van der Waals surface area contributed by atoms with E-state index in [4.69, 9.17) is 5.73 Å². The molecule has 0 heterocycles. The number of nitrogens with one attached hydrogen (secondary N) is 1. The molecule has 0 aromatic heterocycles. The SMILES string of the molecule is CC1(Nc2ccccc2CN)CCCC1. The van der Waals surface area contributed by atoms with Gasteiger partial charge in [-0.05, 0) is 31.4 Å². The summed E-state index contributed by atoms with van der Waals surface area (Å²) in [7, 11) is 0. The molecule has 82 valence electrons. The number of hydrogen-bond donors (Lipinski definition) is 2. The van der Waals surface area contributed by atoms with Crippen molar-refractivity contribution in [2.75, 3.05) is 5.32 Å². The highest BCUT2D eigenvalue weighted by molar-refractivity contribution is 5.52. The Bertz CT molecular complexity index is 327. The number of anilines is 1. The summed E-state index contributed by atoms with van der Waals surface area (Å²) in [4.78, 5) is 0. The number of benzene rings is 1. The Labute approximate surface area is 91.9 Å². The van der Waals surface area contributed by atoms with E-state index in [9.17, 15) is 0 Å². The van der Waals surface area contributed by atoms with Gasteiger partial charge in [-0.1, -0.05) is 31.0 Å². The highest BCUT2D eigenvalue weighted by Gasteiger charge is 2.28. The predicted octanol–water partition coefficient (Wildman–Crippen LogP) is 2.89. The van der Waals surface area contributed by atoms with Gasteiger partial charge in [-0.3, -0.25) is 0 Å². The van der Waals surface area contributed by atoms with Crippen molar-refractivity contribution in [3.8, 4) is 0 Å². The maximum absolute atomic E-state index is 5.73. The van der Waals surface area contributed by atoms with E-state index in [0.29, 0.717) is 6.54 Å². The lowest BCUT2D eigenvalue weighted by molar-refractivity contribution is 0.532. The summed E-state index contributed by atoms with van der Waals surface area (Å²) in [5.41, 5.74) is 8.44. The zero-order chi connectivity index (χ0) is 10.7. The van der Waals surface area contributed by atoms with Crippen LogP contribution in [0.15, 0.2) is 24.3 Å². The number of nitrogens with two attached hydrogens (primary N) is 1. The summed E-state index contributed by atoms with van der Waals surface area (Å²) < 4.78 is 0. The maximum Gasteiger partial charge on any atom is 0.0389 e. The Morgan fingerprint density at radius 3 is 2.60 bits per heavy atom.